The summed E-state index contributed by atoms with van der Waals surface area (Å²) < 4.78 is 4.73. The molecular formula is C26H42N4O3. The lowest BCUT2D eigenvalue weighted by molar-refractivity contribution is -0.135. The maximum absolute atomic E-state index is 13.3. The van der Waals surface area contributed by atoms with Crippen LogP contribution in [0.25, 0.3) is 0 Å². The van der Waals surface area contributed by atoms with Crippen LogP contribution in [0.4, 0.5) is 4.79 Å². The Hall–Kier alpha value is -2.05. The fourth-order valence-electron chi connectivity index (χ4n) is 6.43. The Morgan fingerprint density at radius 2 is 1.73 bits per heavy atom. The van der Waals surface area contributed by atoms with Crippen molar-refractivity contribution in [2.24, 2.45) is 17.8 Å². The third-order valence-corrected chi connectivity index (χ3v) is 8.39. The average Bonchev–Trinajstić information content (AvgIpc) is 3.52. The molecule has 3 aliphatic rings. The van der Waals surface area contributed by atoms with E-state index in [0.717, 1.165) is 30.5 Å². The minimum absolute atomic E-state index is 0.0237. The molecule has 0 spiro atoms. The summed E-state index contributed by atoms with van der Waals surface area (Å²) in [6.07, 6.45) is 15.6. The highest BCUT2D eigenvalue weighted by Gasteiger charge is 2.38. The topological polar surface area (TPSA) is 87.3 Å². The number of ether oxygens (including phenoxy) is 1. The number of aromatic nitrogens is 2. The summed E-state index contributed by atoms with van der Waals surface area (Å²) in [6, 6.07) is -0.645. The Labute approximate surface area is 198 Å². The Morgan fingerprint density at radius 1 is 1.03 bits per heavy atom. The molecule has 3 fully saturated rings. The second-order valence-corrected chi connectivity index (χ2v) is 10.8. The number of imidazole rings is 1. The lowest BCUT2D eigenvalue weighted by Crippen LogP contribution is -2.51. The molecule has 2 N–H and O–H groups in total. The van der Waals surface area contributed by atoms with Crippen LogP contribution in [-0.2, 0) is 9.53 Å². The molecule has 2 heterocycles. The van der Waals surface area contributed by atoms with Gasteiger partial charge < -0.3 is 19.9 Å². The number of likely N-dealkylation sites (tertiary alicyclic amines) is 1. The van der Waals surface area contributed by atoms with E-state index in [0.29, 0.717) is 12.5 Å². The van der Waals surface area contributed by atoms with E-state index in [1.165, 1.54) is 70.6 Å². The van der Waals surface area contributed by atoms with Gasteiger partial charge in [-0.15, -0.1) is 0 Å². The van der Waals surface area contributed by atoms with Crippen molar-refractivity contribution in [2.45, 2.75) is 102 Å². The minimum Gasteiger partial charge on any atom is -0.453 e. The summed E-state index contributed by atoms with van der Waals surface area (Å²) in [5, 5.41) is 2.72. The van der Waals surface area contributed by atoms with Gasteiger partial charge in [0.2, 0.25) is 5.91 Å². The largest absolute Gasteiger partial charge is 0.453 e. The monoisotopic (exact) mass is 458 g/mol. The van der Waals surface area contributed by atoms with Crippen molar-refractivity contribution in [1.29, 1.82) is 0 Å². The SMILES string of the molecule is COC(=O)N[C@H](C(=O)N1CCC[C@H]1c1ncc(C2CCC(C3CCCCC3)CC2)[nH]1)C(C)C. The molecule has 4 rings (SSSR count). The Morgan fingerprint density at radius 3 is 2.39 bits per heavy atom. The number of carbonyl (C=O) groups excluding carboxylic acids is 2. The minimum atomic E-state index is -0.595. The second-order valence-electron chi connectivity index (χ2n) is 10.8. The van der Waals surface area contributed by atoms with Crippen LogP contribution in [0.15, 0.2) is 6.20 Å². The van der Waals surface area contributed by atoms with E-state index in [2.05, 4.69) is 10.3 Å². The summed E-state index contributed by atoms with van der Waals surface area (Å²) in [7, 11) is 1.32. The lowest BCUT2D eigenvalue weighted by atomic mass is 9.70. The van der Waals surface area contributed by atoms with Crippen LogP contribution in [0.2, 0.25) is 0 Å². The van der Waals surface area contributed by atoms with Crippen LogP contribution in [0.3, 0.4) is 0 Å². The van der Waals surface area contributed by atoms with Gasteiger partial charge in [-0.25, -0.2) is 9.78 Å². The number of methoxy groups -OCH3 is 1. The number of hydrogen-bond donors (Lipinski definition) is 2. The van der Waals surface area contributed by atoms with Crippen molar-refractivity contribution in [3.8, 4) is 0 Å². The smallest absolute Gasteiger partial charge is 0.407 e. The number of rotatable bonds is 6. The van der Waals surface area contributed by atoms with Crippen LogP contribution in [0.5, 0.6) is 0 Å². The van der Waals surface area contributed by atoms with Crippen LogP contribution in [0.1, 0.15) is 108 Å². The molecule has 1 aliphatic heterocycles. The van der Waals surface area contributed by atoms with Crippen molar-refractivity contribution in [3.05, 3.63) is 17.7 Å². The summed E-state index contributed by atoms with van der Waals surface area (Å²) in [4.78, 5) is 35.3. The van der Waals surface area contributed by atoms with Crippen molar-refractivity contribution in [3.63, 3.8) is 0 Å². The van der Waals surface area contributed by atoms with Gasteiger partial charge in [-0.3, -0.25) is 4.79 Å². The zero-order chi connectivity index (χ0) is 23.4. The number of H-pyrrole nitrogens is 1. The van der Waals surface area contributed by atoms with Gasteiger partial charge in [-0.05, 0) is 56.3 Å². The zero-order valence-corrected chi connectivity index (χ0v) is 20.6. The molecule has 2 atom stereocenters. The molecular weight excluding hydrogens is 416 g/mol. The van der Waals surface area contributed by atoms with Crippen molar-refractivity contribution in [2.75, 3.05) is 13.7 Å². The molecule has 0 radical (unpaired) electrons. The summed E-state index contributed by atoms with van der Waals surface area (Å²) in [5.41, 5.74) is 1.24. The number of carbonyl (C=O) groups is 2. The van der Waals surface area contributed by atoms with E-state index >= 15 is 0 Å². The van der Waals surface area contributed by atoms with Crippen molar-refractivity contribution >= 4 is 12.0 Å². The second kappa shape index (κ2) is 10.9. The number of amides is 2. The summed E-state index contributed by atoms with van der Waals surface area (Å²) in [6.45, 7) is 4.58. The Kier molecular flexibility index (Phi) is 7.97. The quantitative estimate of drug-likeness (QED) is 0.605. The van der Waals surface area contributed by atoms with E-state index in [4.69, 9.17) is 9.72 Å². The van der Waals surface area contributed by atoms with Gasteiger partial charge in [0, 0.05) is 24.4 Å². The van der Waals surface area contributed by atoms with E-state index in [1.54, 1.807) is 0 Å². The van der Waals surface area contributed by atoms with Gasteiger partial charge in [0.1, 0.15) is 11.9 Å². The highest BCUT2D eigenvalue weighted by molar-refractivity contribution is 5.86. The molecule has 33 heavy (non-hydrogen) atoms. The molecule has 0 unspecified atom stereocenters. The molecule has 7 heteroatoms. The first-order chi connectivity index (χ1) is 16.0. The molecule has 2 aliphatic carbocycles. The molecule has 1 aromatic rings. The van der Waals surface area contributed by atoms with Gasteiger partial charge in [0.15, 0.2) is 0 Å². The number of nitrogens with zero attached hydrogens (tertiary/aromatic N) is 2. The van der Waals surface area contributed by atoms with Crippen LogP contribution < -0.4 is 5.32 Å². The molecule has 0 bridgehead atoms. The predicted octanol–water partition coefficient (Wildman–Crippen LogP) is 5.31. The molecule has 0 aromatic carbocycles. The zero-order valence-electron chi connectivity index (χ0n) is 20.6. The van der Waals surface area contributed by atoms with Gasteiger partial charge in [-0.1, -0.05) is 46.0 Å². The molecule has 7 nitrogen and oxygen atoms in total. The van der Waals surface area contributed by atoms with Crippen molar-refractivity contribution < 1.29 is 14.3 Å². The fraction of sp³-hybridized carbons (Fsp3) is 0.808. The van der Waals surface area contributed by atoms with E-state index in [1.807, 2.05) is 24.9 Å². The number of alkyl carbamates (subject to hydrolysis) is 1. The first-order valence-electron chi connectivity index (χ1n) is 13.2. The molecule has 1 aromatic heterocycles. The van der Waals surface area contributed by atoms with Crippen LogP contribution in [0, 0.1) is 17.8 Å². The first-order valence-corrected chi connectivity index (χ1v) is 13.2. The first kappa shape index (κ1) is 24.1. The number of hydrogen-bond acceptors (Lipinski definition) is 4. The molecule has 2 amide bonds. The molecule has 1 saturated heterocycles. The standard InChI is InChI=1S/C26H42N4O3/c1-17(2)23(29-26(32)33-3)25(31)30-15-7-10-22(30)24-27-16-21(28-24)20-13-11-19(12-14-20)18-8-5-4-6-9-18/h16-20,22-23H,4-15H2,1-3H3,(H,27,28)(H,29,32)/t19?,20?,22-,23-/m0/s1. The van der Waals surface area contributed by atoms with Gasteiger partial charge in [0.05, 0.1) is 13.2 Å². The fourth-order valence-corrected chi connectivity index (χ4v) is 6.43. The normalized spacial score (nSPS) is 27.5. The average molecular weight is 459 g/mol. The Balaban J connectivity index is 1.38. The third-order valence-electron chi connectivity index (χ3n) is 8.39. The highest BCUT2D eigenvalue weighted by atomic mass is 16.5. The lowest BCUT2D eigenvalue weighted by Gasteiger charge is -2.35. The van der Waals surface area contributed by atoms with Gasteiger partial charge in [0.25, 0.3) is 0 Å². The van der Waals surface area contributed by atoms with Gasteiger partial charge in [-0.2, -0.15) is 0 Å². The summed E-state index contributed by atoms with van der Waals surface area (Å²) in [5.74, 6) is 3.25. The van der Waals surface area contributed by atoms with E-state index in [-0.39, 0.29) is 17.9 Å². The van der Waals surface area contributed by atoms with Crippen LogP contribution in [-0.4, -0.2) is 46.6 Å². The van der Waals surface area contributed by atoms with Crippen LogP contribution >= 0.6 is 0 Å². The molecule has 2 saturated carbocycles. The highest BCUT2D eigenvalue weighted by Crippen LogP contribution is 2.43. The maximum Gasteiger partial charge on any atom is 0.407 e. The number of aromatic amines is 1. The van der Waals surface area contributed by atoms with Gasteiger partial charge >= 0.3 is 6.09 Å². The van der Waals surface area contributed by atoms with Crippen molar-refractivity contribution in [1.82, 2.24) is 20.2 Å². The van der Waals surface area contributed by atoms with E-state index < -0.39 is 12.1 Å². The third kappa shape index (κ3) is 5.55. The Bertz CT molecular complexity index is 793. The summed E-state index contributed by atoms with van der Waals surface area (Å²) >= 11 is 0. The number of nitrogens with one attached hydrogen (secondary N) is 2. The molecule has 184 valence electrons. The predicted molar refractivity (Wildman–Crippen MR) is 128 cm³/mol. The maximum atomic E-state index is 13.3. The van der Waals surface area contributed by atoms with E-state index in [9.17, 15) is 9.59 Å².